The van der Waals surface area contributed by atoms with Crippen LogP contribution in [0, 0.1) is 6.92 Å². The Morgan fingerprint density at radius 3 is 2.67 bits per heavy atom. The average Bonchev–Trinajstić information content (AvgIpc) is 2.65. The third kappa shape index (κ3) is 1.94. The summed E-state index contributed by atoms with van der Waals surface area (Å²) in [7, 11) is 1.49. The molecular formula is C10H9ClN2O2. The van der Waals surface area contributed by atoms with Crippen molar-refractivity contribution in [3.8, 4) is 17.3 Å². The van der Waals surface area contributed by atoms with Crippen LogP contribution >= 0.6 is 11.6 Å². The highest BCUT2D eigenvalue weighted by Gasteiger charge is 2.09. The van der Waals surface area contributed by atoms with Gasteiger partial charge in [0.15, 0.2) is 5.76 Å². The van der Waals surface area contributed by atoms with Crippen LogP contribution in [-0.2, 0) is 0 Å². The van der Waals surface area contributed by atoms with Crippen molar-refractivity contribution >= 4 is 11.6 Å². The monoisotopic (exact) mass is 224 g/mol. The van der Waals surface area contributed by atoms with Crippen molar-refractivity contribution in [1.82, 2.24) is 10.2 Å². The van der Waals surface area contributed by atoms with Crippen LogP contribution in [0.15, 0.2) is 22.6 Å². The van der Waals surface area contributed by atoms with Gasteiger partial charge in [-0.15, -0.1) is 10.2 Å². The molecule has 0 fully saturated rings. The molecule has 0 spiro atoms. The van der Waals surface area contributed by atoms with Crippen molar-refractivity contribution in [2.24, 2.45) is 0 Å². The fourth-order valence-corrected chi connectivity index (χ4v) is 1.41. The molecule has 2 aromatic heterocycles. The van der Waals surface area contributed by atoms with Gasteiger partial charge in [-0.3, -0.25) is 0 Å². The fourth-order valence-electron chi connectivity index (χ4n) is 1.19. The number of aryl methyl sites for hydroxylation is 1. The SMILES string of the molecule is COc1nnc(-c2ccc(C)o2)cc1Cl. The number of furan rings is 1. The van der Waals surface area contributed by atoms with Crippen LogP contribution in [0.5, 0.6) is 5.88 Å². The van der Waals surface area contributed by atoms with Gasteiger partial charge in [0, 0.05) is 0 Å². The molecule has 0 bridgehead atoms. The summed E-state index contributed by atoms with van der Waals surface area (Å²) < 4.78 is 10.3. The first-order chi connectivity index (χ1) is 7.20. The Labute approximate surface area is 91.8 Å². The summed E-state index contributed by atoms with van der Waals surface area (Å²) in [6.07, 6.45) is 0. The maximum atomic E-state index is 5.92. The molecule has 0 aromatic carbocycles. The van der Waals surface area contributed by atoms with E-state index in [-0.39, 0.29) is 0 Å². The van der Waals surface area contributed by atoms with Gasteiger partial charge in [-0.1, -0.05) is 11.6 Å². The topological polar surface area (TPSA) is 48.2 Å². The molecule has 0 unspecified atom stereocenters. The van der Waals surface area contributed by atoms with E-state index < -0.39 is 0 Å². The van der Waals surface area contributed by atoms with Crippen molar-refractivity contribution in [3.63, 3.8) is 0 Å². The van der Waals surface area contributed by atoms with E-state index in [0.29, 0.717) is 22.4 Å². The highest BCUT2D eigenvalue weighted by atomic mass is 35.5. The first kappa shape index (κ1) is 9.98. The Bertz CT molecular complexity index is 482. The van der Waals surface area contributed by atoms with E-state index in [2.05, 4.69) is 10.2 Å². The van der Waals surface area contributed by atoms with Crippen LogP contribution < -0.4 is 4.74 Å². The van der Waals surface area contributed by atoms with Crippen LogP contribution in [0.25, 0.3) is 11.5 Å². The number of ether oxygens (including phenoxy) is 1. The third-order valence-corrected chi connectivity index (χ3v) is 2.17. The van der Waals surface area contributed by atoms with E-state index in [0.717, 1.165) is 5.76 Å². The molecule has 2 rings (SSSR count). The highest BCUT2D eigenvalue weighted by molar-refractivity contribution is 6.32. The number of nitrogens with zero attached hydrogens (tertiary/aromatic N) is 2. The van der Waals surface area contributed by atoms with E-state index in [4.69, 9.17) is 20.8 Å². The molecule has 0 N–H and O–H groups in total. The van der Waals surface area contributed by atoms with Crippen molar-refractivity contribution in [3.05, 3.63) is 29.0 Å². The highest BCUT2D eigenvalue weighted by Crippen LogP contribution is 2.26. The van der Waals surface area contributed by atoms with E-state index in [1.807, 2.05) is 19.1 Å². The molecule has 0 atom stereocenters. The smallest absolute Gasteiger partial charge is 0.252 e. The molecule has 0 aliphatic carbocycles. The second-order valence-corrected chi connectivity index (χ2v) is 3.40. The molecule has 78 valence electrons. The molecule has 0 saturated carbocycles. The lowest BCUT2D eigenvalue weighted by Gasteiger charge is -2.01. The van der Waals surface area contributed by atoms with Crippen molar-refractivity contribution in [1.29, 1.82) is 0 Å². The molecule has 0 aliphatic heterocycles. The summed E-state index contributed by atoms with van der Waals surface area (Å²) in [6.45, 7) is 1.86. The maximum absolute atomic E-state index is 5.92. The van der Waals surface area contributed by atoms with Gasteiger partial charge in [0.25, 0.3) is 5.88 Å². The Hall–Kier alpha value is -1.55. The molecule has 4 nitrogen and oxygen atoms in total. The molecule has 2 aromatic rings. The van der Waals surface area contributed by atoms with Gasteiger partial charge in [0.1, 0.15) is 16.5 Å². The number of rotatable bonds is 2. The van der Waals surface area contributed by atoms with Crippen LogP contribution in [0.1, 0.15) is 5.76 Å². The van der Waals surface area contributed by atoms with Gasteiger partial charge in [-0.25, -0.2) is 0 Å². The Morgan fingerprint density at radius 1 is 1.33 bits per heavy atom. The minimum Gasteiger partial charge on any atom is -0.479 e. The molecular weight excluding hydrogens is 216 g/mol. The van der Waals surface area contributed by atoms with Gasteiger partial charge in [0.2, 0.25) is 0 Å². The van der Waals surface area contributed by atoms with Crippen molar-refractivity contribution < 1.29 is 9.15 Å². The number of hydrogen-bond acceptors (Lipinski definition) is 4. The normalized spacial score (nSPS) is 10.3. The molecule has 0 amide bonds. The van der Waals surface area contributed by atoms with Gasteiger partial charge < -0.3 is 9.15 Å². The Morgan fingerprint density at radius 2 is 2.13 bits per heavy atom. The van der Waals surface area contributed by atoms with Crippen LogP contribution in [0.2, 0.25) is 5.02 Å². The summed E-state index contributed by atoms with van der Waals surface area (Å²) in [5.41, 5.74) is 0.592. The lowest BCUT2D eigenvalue weighted by atomic mass is 10.3. The van der Waals surface area contributed by atoms with Gasteiger partial charge in [-0.2, -0.15) is 0 Å². The molecule has 0 aliphatic rings. The van der Waals surface area contributed by atoms with Crippen LogP contribution in [-0.4, -0.2) is 17.3 Å². The zero-order valence-corrected chi connectivity index (χ0v) is 9.08. The zero-order valence-electron chi connectivity index (χ0n) is 8.32. The number of aromatic nitrogens is 2. The summed E-state index contributed by atoms with van der Waals surface area (Å²) in [5.74, 6) is 1.77. The predicted octanol–water partition coefficient (Wildman–Crippen LogP) is 2.71. The molecule has 2 heterocycles. The molecule has 5 heteroatoms. The van der Waals surface area contributed by atoms with E-state index in [1.165, 1.54) is 7.11 Å². The van der Waals surface area contributed by atoms with Crippen molar-refractivity contribution in [2.45, 2.75) is 6.92 Å². The second-order valence-electron chi connectivity index (χ2n) is 3.00. The fraction of sp³-hybridized carbons (Fsp3) is 0.200. The largest absolute Gasteiger partial charge is 0.479 e. The maximum Gasteiger partial charge on any atom is 0.252 e. The zero-order chi connectivity index (χ0) is 10.8. The Kier molecular flexibility index (Phi) is 2.60. The minimum atomic E-state index is 0.309. The number of methoxy groups -OCH3 is 1. The van der Waals surface area contributed by atoms with Gasteiger partial charge in [-0.05, 0) is 25.1 Å². The van der Waals surface area contributed by atoms with Crippen LogP contribution in [0.4, 0.5) is 0 Å². The summed E-state index contributed by atoms with van der Waals surface area (Å²) in [5, 5.41) is 8.17. The quantitative estimate of drug-likeness (QED) is 0.787. The number of halogens is 1. The number of hydrogen-bond donors (Lipinski definition) is 0. The lowest BCUT2D eigenvalue weighted by Crippen LogP contribution is -1.93. The van der Waals surface area contributed by atoms with Gasteiger partial charge in [0.05, 0.1) is 7.11 Å². The van der Waals surface area contributed by atoms with Crippen LogP contribution in [0.3, 0.4) is 0 Å². The molecule has 0 saturated heterocycles. The van der Waals surface area contributed by atoms with E-state index in [9.17, 15) is 0 Å². The summed E-state index contributed by atoms with van der Waals surface area (Å²) >= 11 is 5.92. The standard InChI is InChI=1S/C10H9ClN2O2/c1-6-3-4-9(15-6)8-5-7(11)10(14-2)13-12-8/h3-5H,1-2H3. The second kappa shape index (κ2) is 3.90. The predicted molar refractivity (Wildman–Crippen MR) is 56.0 cm³/mol. The van der Waals surface area contributed by atoms with Gasteiger partial charge >= 0.3 is 0 Å². The first-order valence-corrected chi connectivity index (χ1v) is 4.72. The lowest BCUT2D eigenvalue weighted by molar-refractivity contribution is 0.392. The Balaban J connectivity index is 2.42. The average molecular weight is 225 g/mol. The minimum absolute atomic E-state index is 0.309. The first-order valence-electron chi connectivity index (χ1n) is 4.34. The molecule has 15 heavy (non-hydrogen) atoms. The third-order valence-electron chi connectivity index (χ3n) is 1.90. The molecule has 0 radical (unpaired) electrons. The van der Waals surface area contributed by atoms with Crippen molar-refractivity contribution in [2.75, 3.05) is 7.11 Å². The van der Waals surface area contributed by atoms with E-state index >= 15 is 0 Å². The summed E-state index contributed by atoms with van der Waals surface area (Å²) in [4.78, 5) is 0. The summed E-state index contributed by atoms with van der Waals surface area (Å²) in [6, 6.07) is 5.34. The van der Waals surface area contributed by atoms with E-state index in [1.54, 1.807) is 6.07 Å².